The van der Waals surface area contributed by atoms with Crippen LogP contribution in [0.3, 0.4) is 0 Å². The van der Waals surface area contributed by atoms with Crippen LogP contribution in [0.4, 0.5) is 0 Å². The highest BCUT2D eigenvalue weighted by Crippen LogP contribution is 1.96. The molecular formula is C18H38N4O4. The van der Waals surface area contributed by atoms with E-state index in [0.29, 0.717) is 0 Å². The van der Waals surface area contributed by atoms with Crippen LogP contribution in [0, 0.1) is 0 Å². The molecule has 2 heterocycles. The molecule has 2 aliphatic rings. The van der Waals surface area contributed by atoms with Crippen molar-refractivity contribution < 1.29 is 18.9 Å². The van der Waals surface area contributed by atoms with E-state index in [2.05, 4.69) is 20.4 Å². The van der Waals surface area contributed by atoms with Crippen molar-refractivity contribution in [3.05, 3.63) is 0 Å². The third-order valence-corrected chi connectivity index (χ3v) is 4.63. The molecule has 0 atom stereocenters. The second kappa shape index (κ2) is 15.7. The van der Waals surface area contributed by atoms with Gasteiger partial charge in [0.15, 0.2) is 0 Å². The summed E-state index contributed by atoms with van der Waals surface area (Å²) < 4.78 is 22.9. The fourth-order valence-corrected chi connectivity index (χ4v) is 2.96. The van der Waals surface area contributed by atoms with Crippen molar-refractivity contribution in [3.8, 4) is 0 Å². The van der Waals surface area contributed by atoms with Crippen LogP contribution in [0.1, 0.15) is 0 Å². The summed E-state index contributed by atoms with van der Waals surface area (Å²) in [6.07, 6.45) is 0. The zero-order chi connectivity index (χ0) is 18.1. The Hall–Kier alpha value is -0.320. The topological polar surface area (TPSA) is 67.5 Å². The van der Waals surface area contributed by atoms with Gasteiger partial charge < -0.3 is 29.6 Å². The third kappa shape index (κ3) is 11.4. The maximum Gasteiger partial charge on any atom is 0.0594 e. The van der Waals surface area contributed by atoms with Gasteiger partial charge in [-0.1, -0.05) is 0 Å². The Balaban J connectivity index is 1.70. The highest BCUT2D eigenvalue weighted by Gasteiger charge is 2.11. The summed E-state index contributed by atoms with van der Waals surface area (Å²) in [6.45, 7) is 15.6. The van der Waals surface area contributed by atoms with E-state index in [1.54, 1.807) is 0 Å². The van der Waals surface area contributed by atoms with Crippen molar-refractivity contribution in [3.63, 3.8) is 0 Å². The molecule has 2 saturated heterocycles. The maximum atomic E-state index is 5.72. The van der Waals surface area contributed by atoms with Gasteiger partial charge in [-0.15, -0.1) is 0 Å². The highest BCUT2D eigenvalue weighted by atomic mass is 16.5. The van der Waals surface area contributed by atoms with Crippen molar-refractivity contribution >= 4 is 0 Å². The molecule has 8 heteroatoms. The van der Waals surface area contributed by atoms with Crippen LogP contribution in [-0.4, -0.2) is 128 Å². The lowest BCUT2D eigenvalue weighted by molar-refractivity contribution is 0.0477. The average molecular weight is 375 g/mol. The molecule has 154 valence electrons. The molecule has 2 fully saturated rings. The van der Waals surface area contributed by atoms with Crippen LogP contribution in [-0.2, 0) is 18.9 Å². The largest absolute Gasteiger partial charge is 0.379 e. The molecule has 0 aromatic carbocycles. The van der Waals surface area contributed by atoms with E-state index in [-0.39, 0.29) is 0 Å². The first-order valence-electron chi connectivity index (χ1n) is 10.1. The molecule has 8 nitrogen and oxygen atoms in total. The van der Waals surface area contributed by atoms with E-state index in [9.17, 15) is 0 Å². The minimum absolute atomic E-state index is 0.767. The van der Waals surface area contributed by atoms with Crippen molar-refractivity contribution in [2.75, 3.05) is 118 Å². The zero-order valence-electron chi connectivity index (χ0n) is 16.3. The minimum Gasteiger partial charge on any atom is -0.379 e. The van der Waals surface area contributed by atoms with E-state index >= 15 is 0 Å². The molecule has 0 spiro atoms. The molecule has 0 bridgehead atoms. The van der Waals surface area contributed by atoms with Crippen molar-refractivity contribution in [1.82, 2.24) is 20.4 Å². The zero-order valence-corrected chi connectivity index (χ0v) is 16.3. The average Bonchev–Trinajstić information content (AvgIpc) is 2.63. The van der Waals surface area contributed by atoms with Gasteiger partial charge >= 0.3 is 0 Å². The monoisotopic (exact) mass is 374 g/mol. The van der Waals surface area contributed by atoms with Gasteiger partial charge in [0.2, 0.25) is 0 Å². The molecule has 2 rings (SSSR count). The summed E-state index contributed by atoms with van der Waals surface area (Å²) in [6, 6.07) is 0. The smallest absolute Gasteiger partial charge is 0.0594 e. The minimum atomic E-state index is 0.767. The van der Waals surface area contributed by atoms with Gasteiger partial charge in [0.05, 0.1) is 52.9 Å². The van der Waals surface area contributed by atoms with Crippen LogP contribution in [0.5, 0.6) is 0 Å². The Bertz CT molecular complexity index is 272. The lowest BCUT2D eigenvalue weighted by Gasteiger charge is -2.28. The molecule has 0 saturated carbocycles. The maximum absolute atomic E-state index is 5.72. The first-order valence-corrected chi connectivity index (χ1v) is 10.1. The van der Waals surface area contributed by atoms with Crippen LogP contribution in [0.2, 0.25) is 0 Å². The quantitative estimate of drug-likeness (QED) is 0.643. The molecular weight excluding hydrogens is 336 g/mol. The Labute approximate surface area is 158 Å². The van der Waals surface area contributed by atoms with Crippen LogP contribution < -0.4 is 10.6 Å². The van der Waals surface area contributed by atoms with E-state index in [1.165, 1.54) is 0 Å². The van der Waals surface area contributed by atoms with Gasteiger partial charge in [0.1, 0.15) is 0 Å². The van der Waals surface area contributed by atoms with Crippen LogP contribution in [0.25, 0.3) is 0 Å². The molecule has 2 N–H and O–H groups in total. The summed E-state index contributed by atoms with van der Waals surface area (Å²) in [4.78, 5) is 4.88. The van der Waals surface area contributed by atoms with Gasteiger partial charge in [-0.25, -0.2) is 0 Å². The molecule has 0 aromatic rings. The number of hydrogen-bond acceptors (Lipinski definition) is 8. The molecule has 26 heavy (non-hydrogen) atoms. The molecule has 0 radical (unpaired) electrons. The molecule has 0 aromatic heterocycles. The predicted molar refractivity (Wildman–Crippen MR) is 102 cm³/mol. The Morgan fingerprint density at radius 3 is 1.08 bits per heavy atom. The van der Waals surface area contributed by atoms with Crippen molar-refractivity contribution in [2.24, 2.45) is 0 Å². The van der Waals surface area contributed by atoms with Gasteiger partial charge in [-0.05, 0) is 0 Å². The lowest BCUT2D eigenvalue weighted by atomic mass is 10.4. The molecule has 0 amide bonds. The highest BCUT2D eigenvalue weighted by molar-refractivity contribution is 4.65. The Morgan fingerprint density at radius 1 is 0.462 bits per heavy atom. The SMILES string of the molecule is C1COCCN(CCN2CCOCCNCCOCC2)CCOCCN1. The second-order valence-electron chi connectivity index (χ2n) is 6.63. The van der Waals surface area contributed by atoms with Gasteiger partial charge in [0, 0.05) is 65.4 Å². The molecule has 0 aliphatic carbocycles. The van der Waals surface area contributed by atoms with E-state index in [1.807, 2.05) is 0 Å². The third-order valence-electron chi connectivity index (χ3n) is 4.63. The number of hydrogen-bond donors (Lipinski definition) is 2. The van der Waals surface area contributed by atoms with Crippen molar-refractivity contribution in [2.45, 2.75) is 0 Å². The van der Waals surface area contributed by atoms with Gasteiger partial charge in [0.25, 0.3) is 0 Å². The predicted octanol–water partition coefficient (Wildman–Crippen LogP) is -1.14. The first kappa shape index (κ1) is 22.0. The Morgan fingerprint density at radius 2 is 0.769 bits per heavy atom. The fraction of sp³-hybridized carbons (Fsp3) is 1.00. The normalized spacial score (nSPS) is 25.4. The summed E-state index contributed by atoms with van der Waals surface area (Å²) in [5.41, 5.74) is 0. The Kier molecular flexibility index (Phi) is 13.3. The van der Waals surface area contributed by atoms with Crippen LogP contribution >= 0.6 is 0 Å². The second-order valence-corrected chi connectivity index (χ2v) is 6.63. The van der Waals surface area contributed by atoms with E-state index in [0.717, 1.165) is 118 Å². The lowest BCUT2D eigenvalue weighted by Crippen LogP contribution is -2.41. The number of ether oxygens (including phenoxy) is 4. The summed E-state index contributed by atoms with van der Waals surface area (Å²) >= 11 is 0. The van der Waals surface area contributed by atoms with E-state index < -0.39 is 0 Å². The van der Waals surface area contributed by atoms with Crippen molar-refractivity contribution in [1.29, 1.82) is 0 Å². The summed E-state index contributed by atoms with van der Waals surface area (Å²) in [5, 5.41) is 6.63. The summed E-state index contributed by atoms with van der Waals surface area (Å²) in [5.74, 6) is 0. The number of rotatable bonds is 3. The molecule has 2 aliphatic heterocycles. The fourth-order valence-electron chi connectivity index (χ4n) is 2.96. The first-order chi connectivity index (χ1) is 12.9. The van der Waals surface area contributed by atoms with Gasteiger partial charge in [-0.3, -0.25) is 9.80 Å². The standard InChI is InChI=1S/C18H38N4O4/c1-11-23-15-7-21(8-16-24-12-2-19-1)5-6-22-9-17-25-13-3-20-4-14-26-18-10-22/h19-20H,1-18H2. The number of nitrogens with zero attached hydrogens (tertiary/aromatic N) is 2. The van der Waals surface area contributed by atoms with Crippen LogP contribution in [0.15, 0.2) is 0 Å². The number of nitrogens with one attached hydrogen (secondary N) is 2. The molecule has 0 unspecified atom stereocenters. The summed E-state index contributed by atoms with van der Waals surface area (Å²) in [7, 11) is 0. The van der Waals surface area contributed by atoms with Gasteiger partial charge in [-0.2, -0.15) is 0 Å². The van der Waals surface area contributed by atoms with E-state index in [4.69, 9.17) is 18.9 Å².